The van der Waals surface area contributed by atoms with Gasteiger partial charge in [0.15, 0.2) is 0 Å². The van der Waals surface area contributed by atoms with Gasteiger partial charge in [-0.25, -0.2) is 5.06 Å². The van der Waals surface area contributed by atoms with Gasteiger partial charge < -0.3 is 15.3 Å². The third-order valence-electron chi connectivity index (χ3n) is 6.34. The van der Waals surface area contributed by atoms with E-state index in [-0.39, 0.29) is 36.8 Å². The minimum atomic E-state index is -0.754. The summed E-state index contributed by atoms with van der Waals surface area (Å²) in [6.07, 6.45) is 5.34. The number of rotatable bonds is 13. The average Bonchev–Trinajstić information content (AvgIpc) is 3.31. The maximum Gasteiger partial charge on any atom is 0.246 e. The van der Waals surface area contributed by atoms with Gasteiger partial charge in [-0.1, -0.05) is 56.5 Å². The van der Waals surface area contributed by atoms with E-state index < -0.39 is 12.0 Å². The molecule has 0 bridgehead atoms. The van der Waals surface area contributed by atoms with Crippen molar-refractivity contribution in [1.82, 2.24) is 15.3 Å². The third-order valence-corrected chi connectivity index (χ3v) is 6.34. The van der Waals surface area contributed by atoms with Crippen molar-refractivity contribution in [2.45, 2.75) is 70.4 Å². The van der Waals surface area contributed by atoms with Gasteiger partial charge in [-0.3, -0.25) is 19.2 Å². The molecule has 1 saturated heterocycles. The Bertz CT molecular complexity index is 758. The molecule has 3 atom stereocenters. The summed E-state index contributed by atoms with van der Waals surface area (Å²) in [5.41, 5.74) is 0.939. The number of aliphatic hydroxyl groups is 1. The fraction of sp³-hybridized carbons (Fsp3) is 0.640. The molecule has 3 amide bonds. The van der Waals surface area contributed by atoms with Crippen LogP contribution in [0.3, 0.4) is 0 Å². The fourth-order valence-electron chi connectivity index (χ4n) is 4.26. The summed E-state index contributed by atoms with van der Waals surface area (Å²) in [7, 11) is 2.93. The van der Waals surface area contributed by atoms with Gasteiger partial charge in [0, 0.05) is 32.4 Å². The van der Waals surface area contributed by atoms with Crippen molar-refractivity contribution in [3.05, 3.63) is 35.9 Å². The van der Waals surface area contributed by atoms with E-state index in [1.54, 1.807) is 4.90 Å². The molecule has 2 rings (SSSR count). The molecule has 0 aliphatic carbocycles. The lowest BCUT2D eigenvalue weighted by atomic mass is 9.95. The number of carbonyl (C=O) groups is 3. The predicted octanol–water partition coefficient (Wildman–Crippen LogP) is 2.30. The molecule has 1 aromatic rings. The molecule has 3 unspecified atom stereocenters. The summed E-state index contributed by atoms with van der Waals surface area (Å²) in [6, 6.07) is 8.59. The van der Waals surface area contributed by atoms with E-state index in [1.807, 2.05) is 30.3 Å². The van der Waals surface area contributed by atoms with Crippen molar-refractivity contribution in [3.63, 3.8) is 0 Å². The van der Waals surface area contributed by atoms with Gasteiger partial charge in [-0.05, 0) is 24.8 Å². The Labute approximate surface area is 197 Å². The molecule has 1 aliphatic heterocycles. The molecule has 1 heterocycles. The van der Waals surface area contributed by atoms with Crippen LogP contribution in [0.1, 0.15) is 57.4 Å². The number of amides is 3. The summed E-state index contributed by atoms with van der Waals surface area (Å²) in [4.78, 5) is 45.8. The van der Waals surface area contributed by atoms with Crippen molar-refractivity contribution in [1.29, 1.82) is 0 Å². The van der Waals surface area contributed by atoms with Gasteiger partial charge in [-0.15, -0.1) is 0 Å². The zero-order valence-electron chi connectivity index (χ0n) is 20.2. The van der Waals surface area contributed by atoms with Crippen molar-refractivity contribution >= 4 is 17.7 Å². The molecule has 1 fully saturated rings. The van der Waals surface area contributed by atoms with Crippen LogP contribution in [0.5, 0.6) is 0 Å². The molecule has 0 saturated carbocycles. The predicted molar refractivity (Wildman–Crippen MR) is 126 cm³/mol. The third kappa shape index (κ3) is 8.12. The SMILES string of the molecule is CCCCCC(CC(=O)N(C)OC)C(=O)NC(Cc1ccccc1)C(=O)N1CCCC1CO. The fourth-order valence-corrected chi connectivity index (χ4v) is 4.26. The molecule has 1 aliphatic rings. The van der Waals surface area contributed by atoms with Gasteiger partial charge in [0.25, 0.3) is 0 Å². The topological polar surface area (TPSA) is 99.2 Å². The van der Waals surface area contributed by atoms with Crippen LogP contribution in [-0.2, 0) is 25.6 Å². The van der Waals surface area contributed by atoms with Gasteiger partial charge in [0.1, 0.15) is 6.04 Å². The highest BCUT2D eigenvalue weighted by Crippen LogP contribution is 2.21. The monoisotopic (exact) mass is 461 g/mol. The number of carbonyl (C=O) groups excluding carboxylic acids is 3. The highest BCUT2D eigenvalue weighted by Gasteiger charge is 2.35. The van der Waals surface area contributed by atoms with Gasteiger partial charge in [0.05, 0.1) is 19.8 Å². The summed E-state index contributed by atoms with van der Waals surface area (Å²) in [6.45, 7) is 2.57. The zero-order chi connectivity index (χ0) is 24.2. The Morgan fingerprint density at radius 2 is 1.97 bits per heavy atom. The van der Waals surface area contributed by atoms with Crippen LogP contribution >= 0.6 is 0 Å². The smallest absolute Gasteiger partial charge is 0.246 e. The van der Waals surface area contributed by atoms with Crippen LogP contribution in [0, 0.1) is 5.92 Å². The Balaban J connectivity index is 2.19. The first-order chi connectivity index (χ1) is 15.9. The van der Waals surface area contributed by atoms with E-state index >= 15 is 0 Å². The molecule has 0 aromatic heterocycles. The number of unbranched alkanes of at least 4 members (excludes halogenated alkanes) is 2. The second-order valence-corrected chi connectivity index (χ2v) is 8.73. The highest BCUT2D eigenvalue weighted by molar-refractivity contribution is 5.91. The maximum atomic E-state index is 13.4. The van der Waals surface area contributed by atoms with Crippen LogP contribution < -0.4 is 5.32 Å². The largest absolute Gasteiger partial charge is 0.394 e. The molecule has 8 heteroatoms. The maximum absolute atomic E-state index is 13.4. The van der Waals surface area contributed by atoms with Crippen molar-refractivity contribution in [2.75, 3.05) is 27.3 Å². The average molecular weight is 462 g/mol. The molecule has 1 aromatic carbocycles. The lowest BCUT2D eigenvalue weighted by Gasteiger charge is -2.29. The van der Waals surface area contributed by atoms with Crippen molar-refractivity contribution in [2.24, 2.45) is 5.92 Å². The number of hydrogen-bond donors (Lipinski definition) is 2. The molecule has 0 spiro atoms. The first kappa shape index (κ1) is 26.8. The summed E-state index contributed by atoms with van der Waals surface area (Å²) in [5.74, 6) is -1.30. The Hall–Kier alpha value is -2.45. The van der Waals surface area contributed by atoms with E-state index in [0.29, 0.717) is 19.4 Å². The van der Waals surface area contributed by atoms with E-state index in [0.717, 1.165) is 42.7 Å². The Morgan fingerprint density at radius 3 is 2.61 bits per heavy atom. The van der Waals surface area contributed by atoms with E-state index in [1.165, 1.54) is 14.2 Å². The summed E-state index contributed by atoms with van der Waals surface area (Å²) < 4.78 is 0. The summed E-state index contributed by atoms with van der Waals surface area (Å²) in [5, 5.41) is 13.8. The number of aliphatic hydroxyl groups excluding tert-OH is 1. The molecule has 8 nitrogen and oxygen atoms in total. The van der Waals surface area contributed by atoms with E-state index in [4.69, 9.17) is 4.84 Å². The number of nitrogens with zero attached hydrogens (tertiary/aromatic N) is 2. The van der Waals surface area contributed by atoms with Crippen molar-refractivity contribution < 1.29 is 24.3 Å². The molecular formula is C25H39N3O5. The quantitative estimate of drug-likeness (QED) is 0.347. The highest BCUT2D eigenvalue weighted by atomic mass is 16.7. The van der Waals surface area contributed by atoms with Gasteiger partial charge in [0.2, 0.25) is 17.7 Å². The minimum absolute atomic E-state index is 0.0229. The van der Waals surface area contributed by atoms with Crippen LogP contribution in [0.2, 0.25) is 0 Å². The summed E-state index contributed by atoms with van der Waals surface area (Å²) >= 11 is 0. The van der Waals surface area contributed by atoms with Gasteiger partial charge >= 0.3 is 0 Å². The van der Waals surface area contributed by atoms with E-state index in [9.17, 15) is 19.5 Å². The normalized spacial score (nSPS) is 17.5. The number of likely N-dealkylation sites (tertiary alicyclic amines) is 1. The molecule has 2 N–H and O–H groups in total. The Kier molecular flexibility index (Phi) is 11.3. The minimum Gasteiger partial charge on any atom is -0.394 e. The standard InChI is InChI=1S/C25H39N3O5/c1-4-5-7-13-20(17-23(30)27(2)33-3)24(31)26-22(16-19-11-8-6-9-12-19)25(32)28-15-10-14-21(28)18-29/h6,8-9,11-12,20-22,29H,4-5,7,10,13-18H2,1-3H3,(H,26,31). The number of benzene rings is 1. The van der Waals surface area contributed by atoms with Crippen LogP contribution in [0.15, 0.2) is 30.3 Å². The van der Waals surface area contributed by atoms with Crippen LogP contribution in [0.4, 0.5) is 0 Å². The number of hydroxylamine groups is 2. The zero-order valence-corrected chi connectivity index (χ0v) is 20.2. The van der Waals surface area contributed by atoms with Crippen LogP contribution in [-0.4, -0.2) is 72.2 Å². The lowest BCUT2D eigenvalue weighted by molar-refractivity contribution is -0.170. The lowest BCUT2D eigenvalue weighted by Crippen LogP contribution is -2.53. The molecular weight excluding hydrogens is 422 g/mol. The van der Waals surface area contributed by atoms with Crippen LogP contribution in [0.25, 0.3) is 0 Å². The molecule has 0 radical (unpaired) electrons. The first-order valence-corrected chi connectivity index (χ1v) is 12.0. The molecule has 184 valence electrons. The number of hydrogen-bond acceptors (Lipinski definition) is 5. The second kappa shape index (κ2) is 14.0. The Morgan fingerprint density at radius 1 is 1.24 bits per heavy atom. The number of nitrogens with one attached hydrogen (secondary N) is 1. The van der Waals surface area contributed by atoms with E-state index in [2.05, 4.69) is 12.2 Å². The first-order valence-electron chi connectivity index (χ1n) is 12.0. The van der Waals surface area contributed by atoms with Gasteiger partial charge in [-0.2, -0.15) is 0 Å². The molecule has 33 heavy (non-hydrogen) atoms. The van der Waals surface area contributed by atoms with Crippen molar-refractivity contribution in [3.8, 4) is 0 Å². The second-order valence-electron chi connectivity index (χ2n) is 8.73.